The lowest BCUT2D eigenvalue weighted by atomic mass is 10.4. The van der Waals surface area contributed by atoms with Crippen LogP contribution in [0.1, 0.15) is 10.6 Å². The number of halogens is 2. The van der Waals surface area contributed by atoms with Crippen molar-refractivity contribution >= 4 is 52.7 Å². The summed E-state index contributed by atoms with van der Waals surface area (Å²) in [4.78, 5) is 35.3. The predicted molar refractivity (Wildman–Crippen MR) is 92.5 cm³/mol. The fourth-order valence-electron chi connectivity index (χ4n) is 1.54. The van der Waals surface area contributed by atoms with Gasteiger partial charge in [0, 0.05) is 9.92 Å². The summed E-state index contributed by atoms with van der Waals surface area (Å²) in [6.45, 7) is -0.541. The highest BCUT2D eigenvalue weighted by Gasteiger charge is 2.12. The van der Waals surface area contributed by atoms with Crippen LogP contribution in [0.2, 0.25) is 10.0 Å². The molecule has 2 amide bonds. The van der Waals surface area contributed by atoms with Gasteiger partial charge in [-0.05, 0) is 30.3 Å². The Balaban J connectivity index is 1.68. The molecule has 0 aliphatic rings. The highest BCUT2D eigenvalue weighted by atomic mass is 35.5. The predicted octanol–water partition coefficient (Wildman–Crippen LogP) is 2.68. The Bertz CT molecular complexity index is 767. The number of benzene rings is 1. The maximum Gasteiger partial charge on any atom is 0.316 e. The number of hydrogen-bond donors (Lipinski definition) is 2. The second-order valence-electron chi connectivity index (χ2n) is 4.50. The summed E-state index contributed by atoms with van der Waals surface area (Å²) in [6.07, 6.45) is 1.32. The molecule has 2 N–H and O–H groups in total. The van der Waals surface area contributed by atoms with Crippen molar-refractivity contribution in [3.05, 3.63) is 52.4 Å². The van der Waals surface area contributed by atoms with Crippen LogP contribution in [-0.2, 0) is 14.3 Å². The van der Waals surface area contributed by atoms with E-state index in [-0.39, 0.29) is 11.5 Å². The van der Waals surface area contributed by atoms with Gasteiger partial charge in [-0.25, -0.2) is 0 Å². The summed E-state index contributed by atoms with van der Waals surface area (Å²) in [5, 5.41) is 0.951. The van der Waals surface area contributed by atoms with Crippen LogP contribution in [-0.4, -0.2) is 30.1 Å². The minimum absolute atomic E-state index is 0.0343. The Kier molecular flexibility index (Phi) is 7.17. The van der Waals surface area contributed by atoms with Crippen LogP contribution in [0, 0.1) is 0 Å². The molecule has 7 nitrogen and oxygen atoms in total. The highest BCUT2D eigenvalue weighted by molar-refractivity contribution is 8.00. The van der Waals surface area contributed by atoms with E-state index in [1.165, 1.54) is 18.4 Å². The summed E-state index contributed by atoms with van der Waals surface area (Å²) in [6, 6.07) is 7.83. The molecular formula is C15H12Cl2N2O5S. The molecule has 0 bridgehead atoms. The smallest absolute Gasteiger partial charge is 0.316 e. The van der Waals surface area contributed by atoms with E-state index in [4.69, 9.17) is 32.4 Å². The standard InChI is InChI=1S/C15H12Cl2N2O5S/c16-9-3-4-10(17)12(6-9)25-8-14(21)24-7-13(20)18-19-15(22)11-2-1-5-23-11/h1-6H,7-8H2,(H,18,20)(H,19,22). The molecule has 1 aromatic heterocycles. The number of furan rings is 1. The Labute approximate surface area is 157 Å². The first-order valence-corrected chi connectivity index (χ1v) is 8.56. The minimum atomic E-state index is -0.695. The van der Waals surface area contributed by atoms with E-state index in [0.717, 1.165) is 11.8 Å². The Morgan fingerprint density at radius 3 is 2.68 bits per heavy atom. The molecule has 0 atom stereocenters. The third-order valence-corrected chi connectivity index (χ3v) is 4.37. The largest absolute Gasteiger partial charge is 0.459 e. The molecule has 1 heterocycles. The molecule has 0 aliphatic carbocycles. The number of rotatable bonds is 6. The van der Waals surface area contributed by atoms with Crippen molar-refractivity contribution < 1.29 is 23.5 Å². The molecule has 2 aromatic rings. The van der Waals surface area contributed by atoms with Gasteiger partial charge in [0.05, 0.1) is 17.0 Å². The summed E-state index contributed by atoms with van der Waals surface area (Å²) in [5.74, 6) is -1.96. The maximum atomic E-state index is 11.6. The molecule has 25 heavy (non-hydrogen) atoms. The summed E-state index contributed by atoms with van der Waals surface area (Å²) in [5.41, 5.74) is 4.21. The molecule has 0 fully saturated rings. The van der Waals surface area contributed by atoms with E-state index < -0.39 is 24.4 Å². The quantitative estimate of drug-likeness (QED) is 0.437. The van der Waals surface area contributed by atoms with Gasteiger partial charge in [-0.2, -0.15) is 0 Å². The minimum Gasteiger partial charge on any atom is -0.459 e. The van der Waals surface area contributed by atoms with Gasteiger partial charge in [-0.15, -0.1) is 11.8 Å². The van der Waals surface area contributed by atoms with E-state index in [2.05, 4.69) is 10.9 Å². The van der Waals surface area contributed by atoms with Crippen molar-refractivity contribution in [1.82, 2.24) is 10.9 Å². The summed E-state index contributed by atoms with van der Waals surface area (Å²) in [7, 11) is 0. The first kappa shape index (κ1) is 19.2. The van der Waals surface area contributed by atoms with Crippen LogP contribution in [0.5, 0.6) is 0 Å². The van der Waals surface area contributed by atoms with Crippen molar-refractivity contribution in [2.45, 2.75) is 4.90 Å². The van der Waals surface area contributed by atoms with Crippen LogP contribution < -0.4 is 10.9 Å². The zero-order chi connectivity index (χ0) is 18.2. The van der Waals surface area contributed by atoms with E-state index in [1.807, 2.05) is 0 Å². The molecule has 0 aliphatic heterocycles. The number of amides is 2. The Hall–Kier alpha value is -2.16. The molecular weight excluding hydrogens is 391 g/mol. The first-order valence-electron chi connectivity index (χ1n) is 6.82. The Morgan fingerprint density at radius 1 is 1.16 bits per heavy atom. The number of nitrogens with one attached hydrogen (secondary N) is 2. The summed E-state index contributed by atoms with van der Waals surface area (Å²) >= 11 is 13.0. The summed E-state index contributed by atoms with van der Waals surface area (Å²) < 4.78 is 9.64. The number of hydrogen-bond acceptors (Lipinski definition) is 6. The third-order valence-electron chi connectivity index (χ3n) is 2.66. The first-order chi connectivity index (χ1) is 12.0. The van der Waals surface area contributed by atoms with Crippen LogP contribution in [0.3, 0.4) is 0 Å². The van der Waals surface area contributed by atoms with Gasteiger partial charge in [-0.3, -0.25) is 25.2 Å². The second-order valence-corrected chi connectivity index (χ2v) is 6.36. The van der Waals surface area contributed by atoms with Gasteiger partial charge >= 0.3 is 11.9 Å². The number of carbonyl (C=O) groups is 3. The molecule has 0 saturated carbocycles. The molecule has 0 unspecified atom stereocenters. The normalized spacial score (nSPS) is 10.2. The zero-order valence-corrected chi connectivity index (χ0v) is 14.9. The number of hydrazine groups is 1. The van der Waals surface area contributed by atoms with Gasteiger partial charge in [0.25, 0.3) is 5.91 Å². The Morgan fingerprint density at radius 2 is 1.96 bits per heavy atom. The number of ether oxygens (including phenoxy) is 1. The van der Waals surface area contributed by atoms with Crippen molar-refractivity contribution in [2.75, 3.05) is 12.4 Å². The lowest BCUT2D eigenvalue weighted by Crippen LogP contribution is -2.43. The maximum absolute atomic E-state index is 11.6. The lowest BCUT2D eigenvalue weighted by Gasteiger charge is -2.07. The average Bonchev–Trinajstić information content (AvgIpc) is 3.13. The molecule has 0 spiro atoms. The van der Waals surface area contributed by atoms with Gasteiger partial charge in [0.15, 0.2) is 12.4 Å². The van der Waals surface area contributed by atoms with Crippen LogP contribution in [0.15, 0.2) is 45.9 Å². The van der Waals surface area contributed by atoms with Crippen LogP contribution in [0.25, 0.3) is 0 Å². The van der Waals surface area contributed by atoms with Gasteiger partial charge < -0.3 is 9.15 Å². The number of thioether (sulfide) groups is 1. The van der Waals surface area contributed by atoms with Crippen LogP contribution in [0.4, 0.5) is 0 Å². The van der Waals surface area contributed by atoms with Crippen molar-refractivity contribution in [1.29, 1.82) is 0 Å². The van der Waals surface area contributed by atoms with E-state index >= 15 is 0 Å². The molecule has 0 radical (unpaired) electrons. The van der Waals surface area contributed by atoms with Crippen LogP contribution >= 0.6 is 35.0 Å². The van der Waals surface area contributed by atoms with Gasteiger partial charge in [-0.1, -0.05) is 23.2 Å². The van der Waals surface area contributed by atoms with E-state index in [9.17, 15) is 14.4 Å². The topological polar surface area (TPSA) is 97.6 Å². The second kappa shape index (κ2) is 9.36. The average molecular weight is 403 g/mol. The van der Waals surface area contributed by atoms with Gasteiger partial charge in [0.2, 0.25) is 0 Å². The molecule has 10 heteroatoms. The fraction of sp³-hybridized carbons (Fsp3) is 0.133. The van der Waals surface area contributed by atoms with Crippen molar-refractivity contribution in [2.24, 2.45) is 0 Å². The van der Waals surface area contributed by atoms with Crippen molar-refractivity contribution in [3.8, 4) is 0 Å². The number of esters is 1. The van der Waals surface area contributed by atoms with Gasteiger partial charge in [0.1, 0.15) is 0 Å². The molecule has 1 aromatic carbocycles. The SMILES string of the molecule is O=C(COC(=O)CSc1cc(Cl)ccc1Cl)NNC(=O)c1ccco1. The fourth-order valence-corrected chi connectivity index (χ4v) is 2.84. The van der Waals surface area contributed by atoms with E-state index in [1.54, 1.807) is 18.2 Å². The monoisotopic (exact) mass is 402 g/mol. The molecule has 132 valence electrons. The third kappa shape index (κ3) is 6.33. The zero-order valence-electron chi connectivity index (χ0n) is 12.6. The van der Waals surface area contributed by atoms with Crippen molar-refractivity contribution in [3.63, 3.8) is 0 Å². The molecule has 2 rings (SSSR count). The van der Waals surface area contributed by atoms with E-state index in [0.29, 0.717) is 14.9 Å². The molecule has 0 saturated heterocycles. The number of carbonyl (C=O) groups excluding carboxylic acids is 3. The highest BCUT2D eigenvalue weighted by Crippen LogP contribution is 2.29. The lowest BCUT2D eigenvalue weighted by molar-refractivity contribution is -0.146.